The zero-order chi connectivity index (χ0) is 20.4. The molecular weight excluding hydrogens is 390 g/mol. The Balaban J connectivity index is 1.38. The molecule has 8 heteroatoms. The summed E-state index contributed by atoms with van der Waals surface area (Å²) in [4.78, 5) is 40.5. The van der Waals surface area contributed by atoms with Gasteiger partial charge >= 0.3 is 0 Å². The van der Waals surface area contributed by atoms with Gasteiger partial charge in [-0.3, -0.25) is 30.1 Å². The van der Waals surface area contributed by atoms with Gasteiger partial charge in [0.05, 0.1) is 23.6 Å². The van der Waals surface area contributed by atoms with Crippen molar-refractivity contribution < 1.29 is 19.1 Å². The predicted octanol–water partition coefficient (Wildman–Crippen LogP) is 2.45. The fourth-order valence-electron chi connectivity index (χ4n) is 3.68. The molecule has 0 bridgehead atoms. The van der Waals surface area contributed by atoms with E-state index in [2.05, 4.69) is 17.8 Å². The molecular formula is C21H23N3O4S. The zero-order valence-electron chi connectivity index (χ0n) is 16.2. The minimum absolute atomic E-state index is 0.188. The van der Waals surface area contributed by atoms with E-state index >= 15 is 0 Å². The number of carbonyl (C=O) groups is 3. The van der Waals surface area contributed by atoms with Crippen LogP contribution in [0.25, 0.3) is 0 Å². The Morgan fingerprint density at radius 2 is 2.07 bits per heavy atom. The number of ether oxygens (including phenoxy) is 1. The number of benzene rings is 1. The number of amides is 3. The van der Waals surface area contributed by atoms with Gasteiger partial charge in [0.15, 0.2) is 0 Å². The van der Waals surface area contributed by atoms with Crippen molar-refractivity contribution in [1.29, 1.82) is 0 Å². The van der Waals surface area contributed by atoms with Crippen LogP contribution in [0.15, 0.2) is 30.3 Å². The summed E-state index contributed by atoms with van der Waals surface area (Å²) in [5, 5.41) is 0. The van der Waals surface area contributed by atoms with E-state index in [-0.39, 0.29) is 31.4 Å². The summed E-state index contributed by atoms with van der Waals surface area (Å²) in [6.07, 6.45) is 3.32. The van der Waals surface area contributed by atoms with Crippen LogP contribution in [0.5, 0.6) is 5.75 Å². The quantitative estimate of drug-likeness (QED) is 0.757. The minimum Gasteiger partial charge on any atom is -0.491 e. The van der Waals surface area contributed by atoms with Crippen molar-refractivity contribution in [3.8, 4) is 5.75 Å². The number of anilines is 1. The fraction of sp³-hybridized carbons (Fsp3) is 0.381. The summed E-state index contributed by atoms with van der Waals surface area (Å²) in [6.45, 7) is 2.29. The highest BCUT2D eigenvalue weighted by molar-refractivity contribution is 7.14. The Hall–Kier alpha value is -2.87. The van der Waals surface area contributed by atoms with Crippen LogP contribution in [0.3, 0.4) is 0 Å². The van der Waals surface area contributed by atoms with Gasteiger partial charge in [-0.15, -0.1) is 11.3 Å². The van der Waals surface area contributed by atoms with Gasteiger partial charge in [-0.25, -0.2) is 0 Å². The molecule has 0 fully saturated rings. The van der Waals surface area contributed by atoms with E-state index in [4.69, 9.17) is 4.74 Å². The number of aryl methyl sites for hydroxylation is 1. The molecule has 29 heavy (non-hydrogen) atoms. The average Bonchev–Trinajstić information content (AvgIpc) is 3.07. The third kappa shape index (κ3) is 4.27. The van der Waals surface area contributed by atoms with Crippen molar-refractivity contribution in [3.05, 3.63) is 45.6 Å². The number of nitrogens with one attached hydrogen (secondary N) is 2. The SMILES string of the molecule is C[C@@H]1CCc2sc(C(=O)NNC(=O)CN3C(=O)CCOc4ccccc43)cc2C1. The van der Waals surface area contributed by atoms with Gasteiger partial charge in [0.1, 0.15) is 12.3 Å². The zero-order valence-corrected chi connectivity index (χ0v) is 17.0. The van der Waals surface area contributed by atoms with Crippen LogP contribution in [0.1, 0.15) is 39.9 Å². The second-order valence-electron chi connectivity index (χ2n) is 7.46. The van der Waals surface area contributed by atoms with Gasteiger partial charge in [-0.1, -0.05) is 19.1 Å². The first kappa shape index (κ1) is 19.4. The number of hydrogen-bond acceptors (Lipinski definition) is 5. The van der Waals surface area contributed by atoms with Crippen molar-refractivity contribution in [2.24, 2.45) is 5.92 Å². The molecule has 1 aromatic carbocycles. The van der Waals surface area contributed by atoms with Crippen LogP contribution in [-0.4, -0.2) is 30.9 Å². The number of hydrazine groups is 1. The third-order valence-corrected chi connectivity index (χ3v) is 6.44. The molecule has 7 nitrogen and oxygen atoms in total. The maximum absolute atomic E-state index is 12.4. The summed E-state index contributed by atoms with van der Waals surface area (Å²) < 4.78 is 5.57. The molecule has 0 saturated heterocycles. The van der Waals surface area contributed by atoms with E-state index in [1.165, 1.54) is 26.7 Å². The van der Waals surface area contributed by atoms with E-state index in [1.807, 2.05) is 12.1 Å². The Kier molecular flexibility index (Phi) is 5.53. The average molecular weight is 413 g/mol. The van der Waals surface area contributed by atoms with Gasteiger partial charge in [-0.2, -0.15) is 0 Å². The number of nitrogens with zero attached hydrogens (tertiary/aromatic N) is 1. The molecule has 1 aliphatic heterocycles. The first-order chi connectivity index (χ1) is 14.0. The third-order valence-electron chi connectivity index (χ3n) is 5.20. The first-order valence-corrected chi connectivity index (χ1v) is 10.6. The lowest BCUT2D eigenvalue weighted by Crippen LogP contribution is -2.47. The summed E-state index contributed by atoms with van der Waals surface area (Å²) in [6, 6.07) is 9.02. The van der Waals surface area contributed by atoms with Crippen LogP contribution in [0, 0.1) is 5.92 Å². The summed E-state index contributed by atoms with van der Waals surface area (Å²) in [7, 11) is 0. The number of hydrogen-bond donors (Lipinski definition) is 2. The van der Waals surface area contributed by atoms with Crippen molar-refractivity contribution in [2.45, 2.75) is 32.6 Å². The second-order valence-corrected chi connectivity index (χ2v) is 8.59. The lowest BCUT2D eigenvalue weighted by molar-refractivity contribution is -0.124. The standard InChI is InChI=1S/C21H23N3O4S/c1-13-6-7-17-14(10-13)11-18(29-17)21(27)23-22-19(25)12-24-15-4-2-3-5-16(15)28-9-8-20(24)26/h2-5,11,13H,6-10,12H2,1H3,(H,22,25)(H,23,27)/t13-/m1/s1. The molecule has 3 amide bonds. The van der Waals surface area contributed by atoms with Crippen LogP contribution < -0.4 is 20.5 Å². The van der Waals surface area contributed by atoms with E-state index in [9.17, 15) is 14.4 Å². The maximum Gasteiger partial charge on any atom is 0.279 e. The topological polar surface area (TPSA) is 87.7 Å². The molecule has 0 unspecified atom stereocenters. The molecule has 1 aliphatic carbocycles. The molecule has 0 radical (unpaired) electrons. The van der Waals surface area contributed by atoms with Crippen LogP contribution in [-0.2, 0) is 22.4 Å². The highest BCUT2D eigenvalue weighted by Crippen LogP contribution is 2.32. The lowest BCUT2D eigenvalue weighted by atomic mass is 9.90. The van der Waals surface area contributed by atoms with Gasteiger partial charge in [0, 0.05) is 4.88 Å². The number of thiophene rings is 1. The number of para-hydroxylation sites is 2. The maximum atomic E-state index is 12.4. The molecule has 2 N–H and O–H groups in total. The summed E-state index contributed by atoms with van der Waals surface area (Å²) in [5.41, 5.74) is 6.67. The Morgan fingerprint density at radius 3 is 2.93 bits per heavy atom. The van der Waals surface area contributed by atoms with Gasteiger partial charge in [0.25, 0.3) is 11.8 Å². The lowest BCUT2D eigenvalue weighted by Gasteiger charge is -2.21. The molecule has 0 saturated carbocycles. The number of carbonyl (C=O) groups excluding carboxylic acids is 3. The van der Waals surface area contributed by atoms with E-state index < -0.39 is 5.91 Å². The van der Waals surface area contributed by atoms with E-state index in [0.29, 0.717) is 22.2 Å². The van der Waals surface area contributed by atoms with Gasteiger partial charge < -0.3 is 4.74 Å². The van der Waals surface area contributed by atoms with Crippen LogP contribution in [0.4, 0.5) is 5.69 Å². The van der Waals surface area contributed by atoms with Crippen molar-refractivity contribution in [2.75, 3.05) is 18.1 Å². The highest BCUT2D eigenvalue weighted by Gasteiger charge is 2.25. The number of fused-ring (bicyclic) bond motifs is 2. The van der Waals surface area contributed by atoms with Crippen LogP contribution in [0.2, 0.25) is 0 Å². The molecule has 1 atom stereocenters. The molecule has 2 aliphatic rings. The van der Waals surface area contributed by atoms with E-state index in [1.54, 1.807) is 18.2 Å². The minimum atomic E-state index is -0.474. The molecule has 1 aromatic heterocycles. The first-order valence-electron chi connectivity index (χ1n) is 9.74. The van der Waals surface area contributed by atoms with Gasteiger partial charge in [0.2, 0.25) is 5.91 Å². The predicted molar refractivity (Wildman–Crippen MR) is 110 cm³/mol. The molecule has 152 valence electrons. The molecule has 2 aromatic rings. The van der Waals surface area contributed by atoms with Crippen LogP contribution >= 0.6 is 11.3 Å². The molecule has 0 spiro atoms. The smallest absolute Gasteiger partial charge is 0.279 e. The number of rotatable bonds is 3. The summed E-state index contributed by atoms with van der Waals surface area (Å²) in [5.74, 6) is 0.186. The van der Waals surface area contributed by atoms with E-state index in [0.717, 1.165) is 19.3 Å². The monoisotopic (exact) mass is 413 g/mol. The van der Waals surface area contributed by atoms with Crippen molar-refractivity contribution >= 4 is 34.7 Å². The second kappa shape index (κ2) is 8.24. The molecule has 2 heterocycles. The fourth-order valence-corrected chi connectivity index (χ4v) is 4.79. The largest absolute Gasteiger partial charge is 0.491 e. The Morgan fingerprint density at radius 1 is 1.24 bits per heavy atom. The Labute approximate surface area is 173 Å². The van der Waals surface area contributed by atoms with Gasteiger partial charge in [-0.05, 0) is 48.9 Å². The van der Waals surface area contributed by atoms with Crippen molar-refractivity contribution in [1.82, 2.24) is 10.9 Å². The Bertz CT molecular complexity index is 955. The normalized spacial score (nSPS) is 18.2. The molecule has 4 rings (SSSR count). The van der Waals surface area contributed by atoms with Crippen molar-refractivity contribution in [3.63, 3.8) is 0 Å². The highest BCUT2D eigenvalue weighted by atomic mass is 32.1. The summed E-state index contributed by atoms with van der Waals surface area (Å²) >= 11 is 1.48.